The number of amides is 1. The molecule has 0 saturated carbocycles. The first-order valence-corrected chi connectivity index (χ1v) is 11.0. The Morgan fingerprint density at radius 1 is 0.909 bits per heavy atom. The summed E-state index contributed by atoms with van der Waals surface area (Å²) >= 11 is 0. The van der Waals surface area contributed by atoms with Crippen molar-refractivity contribution < 1.29 is 27.9 Å². The topological polar surface area (TPSA) is 63.7 Å². The summed E-state index contributed by atoms with van der Waals surface area (Å²) < 4.78 is 32.0. The highest BCUT2D eigenvalue weighted by atomic mass is 19.1. The number of halogens is 2. The summed E-state index contributed by atoms with van der Waals surface area (Å²) in [6, 6.07) is 11.2. The molecule has 1 saturated heterocycles. The molecule has 0 spiro atoms. The average molecular weight is 453 g/mol. The second-order valence-corrected chi connectivity index (χ2v) is 8.60. The molecular formula is C26H25F2NO4. The number of allylic oxidation sites excluding steroid dienone is 1. The van der Waals surface area contributed by atoms with Crippen LogP contribution in [0.1, 0.15) is 36.8 Å². The molecule has 7 heteroatoms. The zero-order valence-corrected chi connectivity index (χ0v) is 18.4. The summed E-state index contributed by atoms with van der Waals surface area (Å²) in [5, 5.41) is 0. The third kappa shape index (κ3) is 4.32. The van der Waals surface area contributed by atoms with E-state index < -0.39 is 28.8 Å². The number of methoxy groups -OCH3 is 1. The van der Waals surface area contributed by atoms with Crippen molar-refractivity contribution in [2.45, 2.75) is 38.5 Å². The number of nitrogens with zero attached hydrogens (tertiary/aromatic N) is 1. The predicted octanol–water partition coefficient (Wildman–Crippen LogP) is 4.15. The molecule has 2 aromatic rings. The molecule has 4 rings (SSSR count). The van der Waals surface area contributed by atoms with E-state index >= 15 is 0 Å². The Morgan fingerprint density at radius 3 is 1.97 bits per heavy atom. The van der Waals surface area contributed by atoms with Crippen molar-refractivity contribution in [3.05, 3.63) is 82.6 Å². The van der Waals surface area contributed by atoms with E-state index in [1.54, 1.807) is 4.90 Å². The minimum atomic E-state index is -1.63. The minimum absolute atomic E-state index is 0.0212. The summed E-state index contributed by atoms with van der Waals surface area (Å²) in [5.41, 5.74) is -0.135. The van der Waals surface area contributed by atoms with E-state index in [0.717, 1.165) is 19.3 Å². The van der Waals surface area contributed by atoms with Gasteiger partial charge in [-0.2, -0.15) is 0 Å². The second kappa shape index (κ2) is 9.25. The number of carbonyl (C=O) groups excluding carboxylic acids is 3. The quantitative estimate of drug-likeness (QED) is 0.388. The second-order valence-electron chi connectivity index (χ2n) is 8.60. The summed E-state index contributed by atoms with van der Waals surface area (Å²) in [6.45, 7) is 0.399. The molecule has 172 valence electrons. The Kier molecular flexibility index (Phi) is 6.40. The predicted molar refractivity (Wildman–Crippen MR) is 117 cm³/mol. The van der Waals surface area contributed by atoms with Gasteiger partial charge in [-0.25, -0.2) is 13.6 Å². The van der Waals surface area contributed by atoms with Crippen molar-refractivity contribution >= 4 is 17.7 Å². The number of carbonyl (C=O) groups is 3. The fraction of sp³-hybridized carbons (Fsp3) is 0.346. The van der Waals surface area contributed by atoms with E-state index in [9.17, 15) is 23.2 Å². The molecule has 0 radical (unpaired) electrons. The lowest BCUT2D eigenvalue weighted by molar-refractivity contribution is -0.151. The number of Topliss-reactive ketones (excluding diaryl/α,β-unsaturated/α-hetero) is 1. The fourth-order valence-corrected chi connectivity index (χ4v) is 4.81. The molecule has 2 aliphatic rings. The Labute approximate surface area is 191 Å². The molecule has 0 bridgehead atoms. The van der Waals surface area contributed by atoms with Crippen molar-refractivity contribution in [3.8, 4) is 0 Å². The Balaban J connectivity index is 1.89. The summed E-state index contributed by atoms with van der Waals surface area (Å²) in [6.07, 6.45) is 2.78. The zero-order valence-electron chi connectivity index (χ0n) is 18.4. The molecule has 1 amide bonds. The largest absolute Gasteiger partial charge is 0.465 e. The zero-order chi connectivity index (χ0) is 23.6. The van der Waals surface area contributed by atoms with Crippen molar-refractivity contribution in [2.75, 3.05) is 13.7 Å². The van der Waals surface area contributed by atoms with Gasteiger partial charge in [0, 0.05) is 12.2 Å². The van der Waals surface area contributed by atoms with Crippen LogP contribution in [0.2, 0.25) is 0 Å². The van der Waals surface area contributed by atoms with Gasteiger partial charge >= 0.3 is 5.97 Å². The SMILES string of the molecule is COC(=O)C1=C2CCCCCN2C(=O)C(Cc2ccc(F)cc2)(Cc2ccc(F)cc2)C1=O. The molecule has 2 aliphatic heterocycles. The van der Waals surface area contributed by atoms with Gasteiger partial charge < -0.3 is 9.64 Å². The summed E-state index contributed by atoms with van der Waals surface area (Å²) in [4.78, 5) is 42.4. The highest BCUT2D eigenvalue weighted by molar-refractivity contribution is 6.28. The maximum atomic E-state index is 14.0. The highest BCUT2D eigenvalue weighted by Gasteiger charge is 2.55. The molecule has 2 heterocycles. The van der Waals surface area contributed by atoms with Crippen LogP contribution < -0.4 is 0 Å². The van der Waals surface area contributed by atoms with Crippen molar-refractivity contribution in [1.82, 2.24) is 4.90 Å². The van der Waals surface area contributed by atoms with Gasteiger partial charge in [0.25, 0.3) is 0 Å². The van der Waals surface area contributed by atoms with Crippen LogP contribution in [0.3, 0.4) is 0 Å². The van der Waals surface area contributed by atoms with Crippen LogP contribution in [0.4, 0.5) is 8.78 Å². The lowest BCUT2D eigenvalue weighted by Gasteiger charge is -2.42. The third-order valence-electron chi connectivity index (χ3n) is 6.45. The van der Waals surface area contributed by atoms with Gasteiger partial charge in [0.1, 0.15) is 22.6 Å². The number of benzene rings is 2. The Bertz CT molecular complexity index is 1060. The number of hydrogen-bond donors (Lipinski definition) is 0. The van der Waals surface area contributed by atoms with Crippen LogP contribution in [0.15, 0.2) is 59.8 Å². The molecule has 0 unspecified atom stereocenters. The summed E-state index contributed by atoms with van der Waals surface area (Å²) in [5.74, 6) is -2.61. The third-order valence-corrected chi connectivity index (χ3v) is 6.45. The van der Waals surface area contributed by atoms with Gasteiger partial charge in [0.15, 0.2) is 5.78 Å². The lowest BCUT2D eigenvalue weighted by Crippen LogP contribution is -2.56. The highest BCUT2D eigenvalue weighted by Crippen LogP contribution is 2.42. The molecule has 2 aromatic carbocycles. The van der Waals surface area contributed by atoms with Crippen molar-refractivity contribution in [2.24, 2.45) is 5.41 Å². The number of hydrogen-bond acceptors (Lipinski definition) is 4. The molecule has 0 atom stereocenters. The van der Waals surface area contributed by atoms with Gasteiger partial charge in [-0.3, -0.25) is 9.59 Å². The Morgan fingerprint density at radius 2 is 1.45 bits per heavy atom. The van der Waals surface area contributed by atoms with Crippen molar-refractivity contribution in [3.63, 3.8) is 0 Å². The molecule has 33 heavy (non-hydrogen) atoms. The molecule has 0 N–H and O–H groups in total. The first-order valence-electron chi connectivity index (χ1n) is 11.0. The van der Waals surface area contributed by atoms with Gasteiger partial charge in [-0.15, -0.1) is 0 Å². The first kappa shape index (κ1) is 22.8. The van der Waals surface area contributed by atoms with E-state index in [0.29, 0.717) is 29.8 Å². The maximum Gasteiger partial charge on any atom is 0.343 e. The van der Waals surface area contributed by atoms with Gasteiger partial charge in [-0.05, 0) is 67.5 Å². The maximum absolute atomic E-state index is 14.0. The van der Waals surface area contributed by atoms with E-state index in [-0.39, 0.29) is 24.3 Å². The molecule has 5 nitrogen and oxygen atoms in total. The number of fused-ring (bicyclic) bond motifs is 1. The van der Waals surface area contributed by atoms with Crippen LogP contribution in [0, 0.1) is 17.0 Å². The van der Waals surface area contributed by atoms with E-state index in [4.69, 9.17) is 4.74 Å². The molecule has 1 fully saturated rings. The number of ketones is 1. The summed E-state index contributed by atoms with van der Waals surface area (Å²) in [7, 11) is 1.21. The van der Waals surface area contributed by atoms with Gasteiger partial charge in [0.05, 0.1) is 7.11 Å². The molecule has 0 aliphatic carbocycles. The van der Waals surface area contributed by atoms with E-state index in [2.05, 4.69) is 0 Å². The number of esters is 1. The normalized spacial score (nSPS) is 18.1. The van der Waals surface area contributed by atoms with Crippen LogP contribution >= 0.6 is 0 Å². The monoisotopic (exact) mass is 453 g/mol. The Hall–Kier alpha value is -3.35. The van der Waals surface area contributed by atoms with Crippen LogP contribution in [0.5, 0.6) is 0 Å². The smallest absolute Gasteiger partial charge is 0.343 e. The first-order chi connectivity index (χ1) is 15.9. The van der Waals surface area contributed by atoms with Crippen molar-refractivity contribution in [1.29, 1.82) is 0 Å². The van der Waals surface area contributed by atoms with Crippen LogP contribution in [-0.4, -0.2) is 36.2 Å². The van der Waals surface area contributed by atoms with E-state index in [1.165, 1.54) is 55.6 Å². The molecular weight excluding hydrogens is 428 g/mol. The molecule has 0 aromatic heterocycles. The number of ether oxygens (including phenoxy) is 1. The number of rotatable bonds is 5. The standard InChI is InChI=1S/C26H25F2NO4/c1-33-24(31)22-21-5-3-2-4-14-29(21)25(32)26(23(22)30,15-17-6-10-19(27)11-7-17)16-18-8-12-20(28)13-9-18/h6-13H,2-5,14-16H2,1H3. The van der Waals surface area contributed by atoms with Gasteiger partial charge in [0.2, 0.25) is 5.91 Å². The minimum Gasteiger partial charge on any atom is -0.465 e. The average Bonchev–Trinajstić information content (AvgIpc) is 3.06. The van der Waals surface area contributed by atoms with Gasteiger partial charge in [-0.1, -0.05) is 30.7 Å². The van der Waals surface area contributed by atoms with Crippen LogP contribution in [0.25, 0.3) is 0 Å². The lowest BCUT2D eigenvalue weighted by atomic mass is 9.67. The van der Waals surface area contributed by atoms with Crippen LogP contribution in [-0.2, 0) is 32.0 Å². The fourth-order valence-electron chi connectivity index (χ4n) is 4.81. The van der Waals surface area contributed by atoms with E-state index in [1.807, 2.05) is 0 Å².